The summed E-state index contributed by atoms with van der Waals surface area (Å²) in [6.07, 6.45) is 3.53. The van der Waals surface area contributed by atoms with Gasteiger partial charge in [0.25, 0.3) is 0 Å². The molecule has 94 valence electrons. The van der Waals surface area contributed by atoms with Gasteiger partial charge >= 0.3 is 0 Å². The number of rotatable bonds is 4. The lowest BCUT2D eigenvalue weighted by Gasteiger charge is -2.14. The maximum absolute atomic E-state index is 13.6. The molecule has 2 rings (SSSR count). The summed E-state index contributed by atoms with van der Waals surface area (Å²) >= 11 is 5.71. The van der Waals surface area contributed by atoms with Crippen LogP contribution in [-0.2, 0) is 6.54 Å². The Morgan fingerprint density at radius 2 is 2.22 bits per heavy atom. The van der Waals surface area contributed by atoms with E-state index in [1.807, 2.05) is 19.1 Å². The van der Waals surface area contributed by atoms with Crippen LogP contribution in [0.1, 0.15) is 24.1 Å². The number of halogens is 2. The van der Waals surface area contributed by atoms with E-state index in [1.54, 1.807) is 24.5 Å². The monoisotopic (exact) mass is 264 g/mol. The highest BCUT2D eigenvalue weighted by Crippen LogP contribution is 2.16. The van der Waals surface area contributed by atoms with E-state index in [0.29, 0.717) is 17.1 Å². The van der Waals surface area contributed by atoms with E-state index in [1.165, 1.54) is 6.07 Å². The van der Waals surface area contributed by atoms with Crippen LogP contribution in [0.3, 0.4) is 0 Å². The van der Waals surface area contributed by atoms with Crippen molar-refractivity contribution in [2.45, 2.75) is 19.5 Å². The summed E-state index contributed by atoms with van der Waals surface area (Å²) in [6, 6.07) is 8.71. The molecule has 2 aromatic rings. The summed E-state index contributed by atoms with van der Waals surface area (Å²) in [6.45, 7) is 2.48. The predicted molar refractivity (Wildman–Crippen MR) is 70.9 cm³/mol. The van der Waals surface area contributed by atoms with Gasteiger partial charge in [0.15, 0.2) is 0 Å². The van der Waals surface area contributed by atoms with Crippen molar-refractivity contribution in [2.75, 3.05) is 0 Å². The summed E-state index contributed by atoms with van der Waals surface area (Å²) in [4.78, 5) is 4.06. The van der Waals surface area contributed by atoms with Crippen molar-refractivity contribution in [1.82, 2.24) is 10.3 Å². The first kappa shape index (κ1) is 13.0. The topological polar surface area (TPSA) is 24.9 Å². The van der Waals surface area contributed by atoms with Gasteiger partial charge in [-0.3, -0.25) is 4.98 Å². The smallest absolute Gasteiger partial charge is 0.129 e. The van der Waals surface area contributed by atoms with E-state index in [-0.39, 0.29) is 11.9 Å². The lowest BCUT2D eigenvalue weighted by Crippen LogP contribution is -2.18. The van der Waals surface area contributed by atoms with Crippen molar-refractivity contribution in [3.63, 3.8) is 0 Å². The molecule has 0 amide bonds. The molecule has 1 heterocycles. The van der Waals surface area contributed by atoms with Crippen LogP contribution in [0.25, 0.3) is 0 Å². The summed E-state index contributed by atoms with van der Waals surface area (Å²) in [5, 5.41) is 3.67. The van der Waals surface area contributed by atoms with E-state index >= 15 is 0 Å². The Morgan fingerprint density at radius 3 is 2.89 bits per heavy atom. The summed E-state index contributed by atoms with van der Waals surface area (Å²) < 4.78 is 13.6. The van der Waals surface area contributed by atoms with Gasteiger partial charge in [0.1, 0.15) is 5.82 Å². The van der Waals surface area contributed by atoms with Crippen LogP contribution in [0.2, 0.25) is 5.02 Å². The third-order valence-electron chi connectivity index (χ3n) is 2.80. The molecule has 1 aromatic heterocycles. The molecule has 0 spiro atoms. The number of benzene rings is 1. The van der Waals surface area contributed by atoms with Gasteiger partial charge in [0.2, 0.25) is 0 Å². The number of pyridine rings is 1. The molecule has 0 bridgehead atoms. The molecular formula is C14H14ClFN2. The maximum atomic E-state index is 13.6. The number of hydrogen-bond donors (Lipinski definition) is 1. The van der Waals surface area contributed by atoms with Gasteiger partial charge in [-0.25, -0.2) is 4.39 Å². The first-order valence-corrected chi connectivity index (χ1v) is 6.12. The normalized spacial score (nSPS) is 12.4. The lowest BCUT2D eigenvalue weighted by atomic mass is 10.1. The minimum absolute atomic E-state index is 0.119. The second kappa shape index (κ2) is 5.94. The quantitative estimate of drug-likeness (QED) is 0.910. The third kappa shape index (κ3) is 3.28. The van der Waals surface area contributed by atoms with E-state index in [2.05, 4.69) is 10.3 Å². The molecule has 4 heteroatoms. The van der Waals surface area contributed by atoms with Gasteiger partial charge < -0.3 is 5.32 Å². The Balaban J connectivity index is 1.99. The number of nitrogens with one attached hydrogen (secondary N) is 1. The minimum Gasteiger partial charge on any atom is -0.306 e. The van der Waals surface area contributed by atoms with Crippen LogP contribution in [-0.4, -0.2) is 4.98 Å². The molecular weight excluding hydrogens is 251 g/mol. The van der Waals surface area contributed by atoms with Gasteiger partial charge in [-0.05, 0) is 30.7 Å². The third-order valence-corrected chi connectivity index (χ3v) is 3.03. The second-order valence-corrected chi connectivity index (χ2v) is 4.56. The zero-order valence-corrected chi connectivity index (χ0v) is 10.8. The highest BCUT2D eigenvalue weighted by Gasteiger charge is 2.07. The molecule has 0 saturated heterocycles. The van der Waals surface area contributed by atoms with Crippen LogP contribution in [0.5, 0.6) is 0 Å². The average Bonchev–Trinajstić information content (AvgIpc) is 2.38. The Kier molecular flexibility index (Phi) is 4.28. The highest BCUT2D eigenvalue weighted by atomic mass is 35.5. The average molecular weight is 265 g/mol. The fourth-order valence-electron chi connectivity index (χ4n) is 1.68. The summed E-state index contributed by atoms with van der Waals surface area (Å²) in [5.41, 5.74) is 1.68. The maximum Gasteiger partial charge on any atom is 0.129 e. The molecule has 1 atom stereocenters. The Hall–Kier alpha value is -1.45. The zero-order chi connectivity index (χ0) is 13.0. The van der Waals surface area contributed by atoms with Crippen molar-refractivity contribution in [3.8, 4) is 0 Å². The molecule has 0 aliphatic heterocycles. The number of nitrogens with zero attached hydrogens (tertiary/aromatic N) is 1. The van der Waals surface area contributed by atoms with Crippen LogP contribution < -0.4 is 5.32 Å². The van der Waals surface area contributed by atoms with Gasteiger partial charge in [0, 0.05) is 35.6 Å². The number of aromatic nitrogens is 1. The SMILES string of the molecule is CC(NCc1ccc(Cl)cc1F)c1cccnc1. The molecule has 0 aliphatic carbocycles. The fraction of sp³-hybridized carbons (Fsp3) is 0.214. The molecule has 0 saturated carbocycles. The molecule has 2 nitrogen and oxygen atoms in total. The predicted octanol–water partition coefficient (Wildman–Crippen LogP) is 3.72. The Labute approximate surface area is 111 Å². The molecule has 0 radical (unpaired) electrons. The van der Waals surface area contributed by atoms with Gasteiger partial charge in [0.05, 0.1) is 0 Å². The Morgan fingerprint density at radius 1 is 1.39 bits per heavy atom. The van der Waals surface area contributed by atoms with Crippen LogP contribution in [0, 0.1) is 5.82 Å². The van der Waals surface area contributed by atoms with Crippen LogP contribution in [0.15, 0.2) is 42.7 Å². The highest BCUT2D eigenvalue weighted by molar-refractivity contribution is 6.30. The molecule has 0 aliphatic rings. The van der Waals surface area contributed by atoms with E-state index < -0.39 is 0 Å². The molecule has 0 fully saturated rings. The van der Waals surface area contributed by atoms with Crippen molar-refractivity contribution >= 4 is 11.6 Å². The van der Waals surface area contributed by atoms with Crippen molar-refractivity contribution < 1.29 is 4.39 Å². The van der Waals surface area contributed by atoms with Gasteiger partial charge in [-0.2, -0.15) is 0 Å². The largest absolute Gasteiger partial charge is 0.306 e. The van der Waals surface area contributed by atoms with E-state index in [4.69, 9.17) is 11.6 Å². The second-order valence-electron chi connectivity index (χ2n) is 4.12. The van der Waals surface area contributed by atoms with Gasteiger partial charge in [-0.15, -0.1) is 0 Å². The van der Waals surface area contributed by atoms with Crippen molar-refractivity contribution in [2.24, 2.45) is 0 Å². The summed E-state index contributed by atoms with van der Waals surface area (Å²) in [7, 11) is 0. The molecule has 18 heavy (non-hydrogen) atoms. The minimum atomic E-state index is -0.284. The first-order chi connectivity index (χ1) is 8.66. The zero-order valence-electron chi connectivity index (χ0n) is 10.0. The van der Waals surface area contributed by atoms with Gasteiger partial charge in [-0.1, -0.05) is 23.7 Å². The van der Waals surface area contributed by atoms with E-state index in [0.717, 1.165) is 5.56 Å². The Bertz CT molecular complexity index is 516. The standard InChI is InChI=1S/C14H14ClFN2/c1-10(11-3-2-6-17-8-11)18-9-12-4-5-13(15)7-14(12)16/h2-8,10,18H,9H2,1H3. The van der Waals surface area contributed by atoms with Crippen LogP contribution >= 0.6 is 11.6 Å². The first-order valence-electron chi connectivity index (χ1n) is 5.74. The van der Waals surface area contributed by atoms with Crippen molar-refractivity contribution in [1.29, 1.82) is 0 Å². The van der Waals surface area contributed by atoms with Crippen molar-refractivity contribution in [3.05, 3.63) is 64.7 Å². The molecule has 1 unspecified atom stereocenters. The number of hydrogen-bond acceptors (Lipinski definition) is 2. The summed E-state index contributed by atoms with van der Waals surface area (Å²) in [5.74, 6) is -0.284. The lowest BCUT2D eigenvalue weighted by molar-refractivity contribution is 0.543. The fourth-order valence-corrected chi connectivity index (χ4v) is 1.84. The van der Waals surface area contributed by atoms with E-state index in [9.17, 15) is 4.39 Å². The molecule has 1 aromatic carbocycles. The molecule has 1 N–H and O–H groups in total. The van der Waals surface area contributed by atoms with Crippen LogP contribution in [0.4, 0.5) is 4.39 Å².